The van der Waals surface area contributed by atoms with Crippen molar-refractivity contribution in [2.75, 3.05) is 21.3 Å². The van der Waals surface area contributed by atoms with E-state index < -0.39 is 5.97 Å². The predicted octanol–water partition coefficient (Wildman–Crippen LogP) is 1.48. The van der Waals surface area contributed by atoms with E-state index in [0.29, 0.717) is 23.7 Å². The van der Waals surface area contributed by atoms with Gasteiger partial charge in [-0.1, -0.05) is 0 Å². The maximum Gasteiger partial charge on any atom is 0.307 e. The molecule has 0 bridgehead atoms. The Bertz CT molecular complexity index is 400. The average molecular weight is 240 g/mol. The maximum absolute atomic E-state index is 10.8. The molecule has 5 heteroatoms. The fourth-order valence-corrected chi connectivity index (χ4v) is 1.58. The molecule has 0 aliphatic rings. The summed E-state index contributed by atoms with van der Waals surface area (Å²) in [7, 11) is 4.60. The van der Waals surface area contributed by atoms with Crippen molar-refractivity contribution in [3.63, 3.8) is 0 Å². The van der Waals surface area contributed by atoms with Crippen LogP contribution >= 0.6 is 0 Å². The smallest absolute Gasteiger partial charge is 0.307 e. The van der Waals surface area contributed by atoms with E-state index in [9.17, 15) is 4.79 Å². The number of hydrogen-bond donors (Lipinski definition) is 1. The summed E-state index contributed by atoms with van der Waals surface area (Å²) in [5, 5.41) is 8.84. The molecule has 0 spiro atoms. The van der Waals surface area contributed by atoms with Gasteiger partial charge in [0.15, 0.2) is 11.5 Å². The van der Waals surface area contributed by atoms with Crippen LogP contribution in [0.15, 0.2) is 12.1 Å². The van der Waals surface area contributed by atoms with E-state index in [0.717, 1.165) is 5.56 Å². The van der Waals surface area contributed by atoms with E-state index in [-0.39, 0.29) is 6.42 Å². The standard InChI is InChI=1S/C12H16O5/c1-15-7-9-5-11(17-3)10(16-2)4-8(9)6-12(13)14/h4-5H,6-7H2,1-3H3,(H,13,14). The van der Waals surface area contributed by atoms with Crippen LogP contribution in [0.25, 0.3) is 0 Å². The van der Waals surface area contributed by atoms with E-state index in [1.807, 2.05) is 0 Å². The van der Waals surface area contributed by atoms with Crippen molar-refractivity contribution >= 4 is 5.97 Å². The van der Waals surface area contributed by atoms with Crippen molar-refractivity contribution in [3.8, 4) is 11.5 Å². The van der Waals surface area contributed by atoms with Gasteiger partial charge in [-0.25, -0.2) is 0 Å². The summed E-state index contributed by atoms with van der Waals surface area (Å²) in [6.07, 6.45) is -0.0704. The van der Waals surface area contributed by atoms with Crippen molar-refractivity contribution < 1.29 is 24.1 Å². The van der Waals surface area contributed by atoms with Crippen LogP contribution in [0.3, 0.4) is 0 Å². The van der Waals surface area contributed by atoms with Gasteiger partial charge in [0.25, 0.3) is 0 Å². The molecule has 1 N–H and O–H groups in total. The SMILES string of the molecule is COCc1cc(OC)c(OC)cc1CC(=O)O. The molecule has 0 radical (unpaired) electrons. The van der Waals surface area contributed by atoms with Crippen molar-refractivity contribution in [1.82, 2.24) is 0 Å². The van der Waals surface area contributed by atoms with Crippen LogP contribution in [0.4, 0.5) is 0 Å². The third-order valence-electron chi connectivity index (χ3n) is 2.35. The molecule has 94 valence electrons. The average Bonchev–Trinajstić information content (AvgIpc) is 2.30. The van der Waals surface area contributed by atoms with E-state index in [2.05, 4.69) is 0 Å². The minimum Gasteiger partial charge on any atom is -0.493 e. The number of ether oxygens (including phenoxy) is 3. The van der Waals surface area contributed by atoms with Gasteiger partial charge >= 0.3 is 5.97 Å². The Morgan fingerprint density at radius 2 is 1.65 bits per heavy atom. The number of aliphatic carboxylic acids is 1. The van der Waals surface area contributed by atoms with Gasteiger partial charge in [-0.05, 0) is 23.3 Å². The topological polar surface area (TPSA) is 65.0 Å². The largest absolute Gasteiger partial charge is 0.493 e. The van der Waals surface area contributed by atoms with E-state index in [1.54, 1.807) is 19.2 Å². The van der Waals surface area contributed by atoms with Crippen molar-refractivity contribution in [3.05, 3.63) is 23.3 Å². The first-order valence-corrected chi connectivity index (χ1v) is 5.06. The summed E-state index contributed by atoms with van der Waals surface area (Å²) in [4.78, 5) is 10.8. The fraction of sp³-hybridized carbons (Fsp3) is 0.417. The summed E-state index contributed by atoms with van der Waals surface area (Å²) in [6, 6.07) is 3.40. The molecule has 1 aromatic carbocycles. The second-order valence-electron chi connectivity index (χ2n) is 3.48. The second-order valence-corrected chi connectivity index (χ2v) is 3.48. The Hall–Kier alpha value is -1.75. The molecule has 0 fully saturated rings. The molecule has 0 saturated heterocycles. The summed E-state index contributed by atoms with van der Waals surface area (Å²) < 4.78 is 15.3. The zero-order chi connectivity index (χ0) is 12.8. The third kappa shape index (κ3) is 3.35. The van der Waals surface area contributed by atoms with Gasteiger partial charge in [-0.3, -0.25) is 4.79 Å². The summed E-state index contributed by atoms with van der Waals surface area (Å²) in [5.41, 5.74) is 1.45. The van der Waals surface area contributed by atoms with Crippen LogP contribution in [0.2, 0.25) is 0 Å². The lowest BCUT2D eigenvalue weighted by Gasteiger charge is -2.13. The summed E-state index contributed by atoms with van der Waals surface area (Å²) in [6.45, 7) is 0.336. The number of hydrogen-bond acceptors (Lipinski definition) is 4. The number of carboxylic acids is 1. The highest BCUT2D eigenvalue weighted by atomic mass is 16.5. The number of rotatable bonds is 6. The van der Waals surface area contributed by atoms with Crippen LogP contribution in [0.5, 0.6) is 11.5 Å². The quantitative estimate of drug-likeness (QED) is 0.815. The van der Waals surface area contributed by atoms with Crippen molar-refractivity contribution in [2.24, 2.45) is 0 Å². The molecule has 1 aromatic rings. The second kappa shape index (κ2) is 6.10. The molecule has 0 atom stereocenters. The minimum atomic E-state index is -0.894. The Labute approximate surface area is 99.9 Å². The molecule has 1 rings (SSSR count). The lowest BCUT2D eigenvalue weighted by Crippen LogP contribution is -2.06. The molecule has 0 unspecified atom stereocenters. The molecule has 0 aliphatic heterocycles. The highest BCUT2D eigenvalue weighted by Crippen LogP contribution is 2.31. The normalized spacial score (nSPS) is 10.1. The van der Waals surface area contributed by atoms with Crippen molar-refractivity contribution in [1.29, 1.82) is 0 Å². The number of carbonyl (C=O) groups is 1. The minimum absolute atomic E-state index is 0.0704. The van der Waals surface area contributed by atoms with Gasteiger partial charge in [-0.15, -0.1) is 0 Å². The van der Waals surface area contributed by atoms with Gasteiger partial charge < -0.3 is 19.3 Å². The maximum atomic E-state index is 10.8. The molecular weight excluding hydrogens is 224 g/mol. The van der Waals surface area contributed by atoms with E-state index >= 15 is 0 Å². The summed E-state index contributed by atoms with van der Waals surface area (Å²) in [5.74, 6) is 0.187. The molecule has 17 heavy (non-hydrogen) atoms. The first-order valence-electron chi connectivity index (χ1n) is 5.06. The molecule has 0 heterocycles. The predicted molar refractivity (Wildman–Crippen MR) is 61.6 cm³/mol. The lowest BCUT2D eigenvalue weighted by molar-refractivity contribution is -0.136. The van der Waals surface area contributed by atoms with Gasteiger partial charge in [0.05, 0.1) is 27.2 Å². The highest BCUT2D eigenvalue weighted by Gasteiger charge is 2.13. The van der Waals surface area contributed by atoms with Gasteiger partial charge in [0, 0.05) is 7.11 Å². The molecule has 5 nitrogen and oxygen atoms in total. The molecule has 0 aromatic heterocycles. The van der Waals surface area contributed by atoms with Crippen LogP contribution < -0.4 is 9.47 Å². The van der Waals surface area contributed by atoms with Gasteiger partial charge in [0.2, 0.25) is 0 Å². The number of benzene rings is 1. The lowest BCUT2D eigenvalue weighted by atomic mass is 10.0. The molecule has 0 aliphatic carbocycles. The van der Waals surface area contributed by atoms with Crippen LogP contribution in [-0.2, 0) is 22.6 Å². The molecular formula is C12H16O5. The zero-order valence-electron chi connectivity index (χ0n) is 10.1. The zero-order valence-corrected chi connectivity index (χ0v) is 10.1. The van der Waals surface area contributed by atoms with Crippen LogP contribution in [0.1, 0.15) is 11.1 Å². The monoisotopic (exact) mass is 240 g/mol. The first kappa shape index (κ1) is 13.3. The van der Waals surface area contributed by atoms with Crippen LogP contribution in [-0.4, -0.2) is 32.4 Å². The molecule has 0 saturated carbocycles. The number of methoxy groups -OCH3 is 3. The summed E-state index contributed by atoms with van der Waals surface area (Å²) >= 11 is 0. The Balaban J connectivity index is 3.19. The highest BCUT2D eigenvalue weighted by molar-refractivity contribution is 5.71. The van der Waals surface area contributed by atoms with E-state index in [1.165, 1.54) is 14.2 Å². The van der Waals surface area contributed by atoms with Crippen molar-refractivity contribution in [2.45, 2.75) is 13.0 Å². The molecule has 0 amide bonds. The van der Waals surface area contributed by atoms with Gasteiger partial charge in [-0.2, -0.15) is 0 Å². The van der Waals surface area contributed by atoms with Gasteiger partial charge in [0.1, 0.15) is 0 Å². The Kier molecular flexibility index (Phi) is 4.78. The Morgan fingerprint density at radius 1 is 1.12 bits per heavy atom. The third-order valence-corrected chi connectivity index (χ3v) is 2.35. The number of carboxylic acid groups (broad SMARTS) is 1. The Morgan fingerprint density at radius 3 is 2.06 bits per heavy atom. The van der Waals surface area contributed by atoms with E-state index in [4.69, 9.17) is 19.3 Å². The fourth-order valence-electron chi connectivity index (χ4n) is 1.58. The first-order chi connectivity index (χ1) is 8.12. The van der Waals surface area contributed by atoms with Crippen LogP contribution in [0, 0.1) is 0 Å².